The van der Waals surface area contributed by atoms with E-state index in [2.05, 4.69) is 10.3 Å². The maximum Gasteiger partial charge on any atom is 0.147 e. The maximum atomic E-state index is 9.56. The Labute approximate surface area is 103 Å². The summed E-state index contributed by atoms with van der Waals surface area (Å²) in [4.78, 5) is 3.92. The van der Waals surface area contributed by atoms with Gasteiger partial charge in [0.05, 0.1) is 16.7 Å². The lowest BCUT2D eigenvalue weighted by Crippen LogP contribution is -2.37. The van der Waals surface area contributed by atoms with Crippen LogP contribution < -0.4 is 11.1 Å². The van der Waals surface area contributed by atoms with E-state index >= 15 is 0 Å². The van der Waals surface area contributed by atoms with E-state index in [9.17, 15) is 5.11 Å². The standard InChI is InChI=1S/C9H13Cl2N3O2/c1-9(16,4-15)3-13-8-6(11)2-5(10)7(12)14-8/h2,15-16H,3-4H2,1H3,(H3,12,13,14). The van der Waals surface area contributed by atoms with Crippen molar-refractivity contribution in [3.05, 3.63) is 16.1 Å². The molecular weight excluding hydrogens is 253 g/mol. The summed E-state index contributed by atoms with van der Waals surface area (Å²) >= 11 is 11.6. The molecule has 7 heteroatoms. The number of aliphatic hydroxyl groups excluding tert-OH is 1. The Balaban J connectivity index is 2.79. The Kier molecular flexibility index (Phi) is 4.21. The van der Waals surface area contributed by atoms with Crippen LogP contribution in [0.15, 0.2) is 6.07 Å². The molecule has 0 aliphatic carbocycles. The van der Waals surface area contributed by atoms with Crippen molar-refractivity contribution in [2.45, 2.75) is 12.5 Å². The van der Waals surface area contributed by atoms with Gasteiger partial charge in [-0.1, -0.05) is 23.2 Å². The number of nitrogen functional groups attached to an aromatic ring is 1. The molecule has 0 bridgehead atoms. The van der Waals surface area contributed by atoms with E-state index in [4.69, 9.17) is 34.0 Å². The van der Waals surface area contributed by atoms with Crippen LogP contribution in [0, 0.1) is 0 Å². The van der Waals surface area contributed by atoms with Gasteiger partial charge in [0.15, 0.2) is 0 Å². The Morgan fingerprint density at radius 1 is 1.50 bits per heavy atom. The van der Waals surface area contributed by atoms with Gasteiger partial charge in [-0.3, -0.25) is 0 Å². The highest BCUT2D eigenvalue weighted by Gasteiger charge is 2.19. The van der Waals surface area contributed by atoms with Crippen molar-refractivity contribution in [3.8, 4) is 0 Å². The van der Waals surface area contributed by atoms with E-state index in [-0.39, 0.29) is 24.0 Å². The molecule has 1 aromatic rings. The van der Waals surface area contributed by atoms with Crippen LogP contribution in [0.3, 0.4) is 0 Å². The fourth-order valence-electron chi connectivity index (χ4n) is 0.935. The van der Waals surface area contributed by atoms with Crippen LogP contribution in [0.25, 0.3) is 0 Å². The van der Waals surface area contributed by atoms with Crippen LogP contribution in [0.2, 0.25) is 10.0 Å². The third kappa shape index (κ3) is 3.38. The minimum Gasteiger partial charge on any atom is -0.393 e. The van der Waals surface area contributed by atoms with E-state index in [0.29, 0.717) is 10.8 Å². The molecule has 1 rings (SSSR count). The summed E-state index contributed by atoms with van der Waals surface area (Å²) < 4.78 is 0. The van der Waals surface area contributed by atoms with Gasteiger partial charge in [0.2, 0.25) is 0 Å². The zero-order valence-corrected chi connectivity index (χ0v) is 10.2. The molecular formula is C9H13Cl2N3O2. The van der Waals surface area contributed by atoms with E-state index in [1.165, 1.54) is 13.0 Å². The Bertz CT molecular complexity index is 385. The molecule has 1 aromatic heterocycles. The number of pyridine rings is 1. The molecule has 0 spiro atoms. The molecule has 0 aliphatic rings. The minimum absolute atomic E-state index is 0.0945. The van der Waals surface area contributed by atoms with Crippen molar-refractivity contribution >= 4 is 34.8 Å². The second-order valence-corrected chi connectivity index (χ2v) is 4.51. The summed E-state index contributed by atoms with van der Waals surface area (Å²) in [6, 6.07) is 1.46. The highest BCUT2D eigenvalue weighted by molar-refractivity contribution is 6.37. The molecule has 90 valence electrons. The van der Waals surface area contributed by atoms with Gasteiger partial charge >= 0.3 is 0 Å². The van der Waals surface area contributed by atoms with Crippen molar-refractivity contribution in [2.24, 2.45) is 0 Å². The van der Waals surface area contributed by atoms with Crippen molar-refractivity contribution in [2.75, 3.05) is 24.2 Å². The van der Waals surface area contributed by atoms with Gasteiger partial charge in [-0.15, -0.1) is 0 Å². The van der Waals surface area contributed by atoms with Gasteiger partial charge in [-0.2, -0.15) is 0 Å². The zero-order valence-electron chi connectivity index (χ0n) is 8.67. The van der Waals surface area contributed by atoms with Crippen LogP contribution in [0.1, 0.15) is 6.92 Å². The molecule has 0 fully saturated rings. The van der Waals surface area contributed by atoms with Gasteiger partial charge in [0.25, 0.3) is 0 Å². The van der Waals surface area contributed by atoms with Gasteiger partial charge < -0.3 is 21.3 Å². The summed E-state index contributed by atoms with van der Waals surface area (Å²) in [6.45, 7) is 1.20. The first kappa shape index (κ1) is 13.3. The number of aliphatic hydroxyl groups is 2. The maximum absolute atomic E-state index is 9.56. The summed E-state index contributed by atoms with van der Waals surface area (Å²) in [5.74, 6) is 0.467. The lowest BCUT2D eigenvalue weighted by Gasteiger charge is -2.21. The summed E-state index contributed by atoms with van der Waals surface area (Å²) in [7, 11) is 0. The van der Waals surface area contributed by atoms with Crippen LogP contribution in [-0.4, -0.2) is 33.9 Å². The summed E-state index contributed by atoms with van der Waals surface area (Å²) in [5, 5.41) is 21.8. The van der Waals surface area contributed by atoms with Gasteiger partial charge in [0, 0.05) is 6.54 Å². The fraction of sp³-hybridized carbons (Fsp3) is 0.444. The Hall–Kier alpha value is -0.750. The molecule has 0 amide bonds. The molecule has 16 heavy (non-hydrogen) atoms. The average Bonchev–Trinajstić information content (AvgIpc) is 2.22. The number of nitrogens with two attached hydrogens (primary N) is 1. The van der Waals surface area contributed by atoms with Gasteiger partial charge in [-0.05, 0) is 13.0 Å². The quantitative estimate of drug-likeness (QED) is 0.655. The molecule has 0 saturated carbocycles. The van der Waals surface area contributed by atoms with Crippen LogP contribution in [-0.2, 0) is 0 Å². The summed E-state index contributed by atoms with van der Waals surface area (Å²) in [6.07, 6.45) is 0. The molecule has 0 saturated heterocycles. The number of nitrogens with one attached hydrogen (secondary N) is 1. The van der Waals surface area contributed by atoms with Crippen LogP contribution >= 0.6 is 23.2 Å². The molecule has 0 aromatic carbocycles. The predicted molar refractivity (Wildman–Crippen MR) is 64.9 cm³/mol. The molecule has 1 heterocycles. The second-order valence-electron chi connectivity index (χ2n) is 3.69. The van der Waals surface area contributed by atoms with Crippen LogP contribution in [0.5, 0.6) is 0 Å². The first-order valence-corrected chi connectivity index (χ1v) is 5.30. The molecule has 5 N–H and O–H groups in total. The number of anilines is 2. The Morgan fingerprint density at radius 2 is 2.12 bits per heavy atom. The highest BCUT2D eigenvalue weighted by Crippen LogP contribution is 2.27. The number of nitrogens with zero attached hydrogens (tertiary/aromatic N) is 1. The van der Waals surface area contributed by atoms with Gasteiger partial charge in [0.1, 0.15) is 17.2 Å². The third-order valence-corrected chi connectivity index (χ3v) is 2.52. The first-order chi connectivity index (χ1) is 7.35. The zero-order chi connectivity index (χ0) is 12.3. The SMILES string of the molecule is CC(O)(CO)CNc1nc(N)c(Cl)cc1Cl. The first-order valence-electron chi connectivity index (χ1n) is 4.54. The van der Waals surface area contributed by atoms with E-state index in [1.807, 2.05) is 0 Å². The van der Waals surface area contributed by atoms with E-state index in [0.717, 1.165) is 0 Å². The second kappa shape index (κ2) is 5.05. The third-order valence-electron chi connectivity index (χ3n) is 1.93. The lowest BCUT2D eigenvalue weighted by molar-refractivity contribution is 0.0132. The molecule has 5 nitrogen and oxygen atoms in total. The topological polar surface area (TPSA) is 91.4 Å². The predicted octanol–water partition coefficient (Wildman–Crippen LogP) is 1.13. The minimum atomic E-state index is -1.25. The smallest absolute Gasteiger partial charge is 0.147 e. The van der Waals surface area contributed by atoms with E-state index in [1.54, 1.807) is 0 Å². The number of hydrogen-bond donors (Lipinski definition) is 4. The number of hydrogen-bond acceptors (Lipinski definition) is 5. The Morgan fingerprint density at radius 3 is 2.69 bits per heavy atom. The number of rotatable bonds is 4. The average molecular weight is 266 g/mol. The van der Waals surface area contributed by atoms with Crippen molar-refractivity contribution in [1.29, 1.82) is 0 Å². The number of halogens is 2. The van der Waals surface area contributed by atoms with Crippen molar-refractivity contribution < 1.29 is 10.2 Å². The summed E-state index contributed by atoms with van der Waals surface area (Å²) in [5.41, 5.74) is 4.26. The van der Waals surface area contributed by atoms with Crippen molar-refractivity contribution in [3.63, 3.8) is 0 Å². The number of aromatic nitrogens is 1. The lowest BCUT2D eigenvalue weighted by atomic mass is 10.1. The molecule has 0 aliphatic heterocycles. The van der Waals surface area contributed by atoms with Crippen molar-refractivity contribution in [1.82, 2.24) is 4.98 Å². The molecule has 1 atom stereocenters. The van der Waals surface area contributed by atoms with Gasteiger partial charge in [-0.25, -0.2) is 4.98 Å². The van der Waals surface area contributed by atoms with Crippen LogP contribution in [0.4, 0.5) is 11.6 Å². The molecule has 0 radical (unpaired) electrons. The highest BCUT2D eigenvalue weighted by atomic mass is 35.5. The van der Waals surface area contributed by atoms with E-state index < -0.39 is 5.60 Å². The fourth-order valence-corrected chi connectivity index (χ4v) is 1.36. The largest absolute Gasteiger partial charge is 0.393 e. The normalized spacial score (nSPS) is 14.6. The monoisotopic (exact) mass is 265 g/mol. The molecule has 1 unspecified atom stereocenters.